The fourth-order valence-corrected chi connectivity index (χ4v) is 4.10. The highest BCUT2D eigenvalue weighted by Gasteiger charge is 2.29. The molecule has 0 atom stereocenters. The van der Waals surface area contributed by atoms with Crippen LogP contribution in [0.1, 0.15) is 56.9 Å². The molecule has 0 bridgehead atoms. The molecule has 0 aliphatic heterocycles. The number of benzene rings is 2. The first kappa shape index (κ1) is 20.7. The van der Waals surface area contributed by atoms with E-state index < -0.39 is 18.6 Å². The molecule has 2 aromatic carbocycles. The number of hydrogen-bond acceptors (Lipinski definition) is 1. The van der Waals surface area contributed by atoms with Crippen molar-refractivity contribution in [3.63, 3.8) is 0 Å². The predicted molar refractivity (Wildman–Crippen MR) is 104 cm³/mol. The third-order valence-corrected chi connectivity index (χ3v) is 5.63. The number of hydrogen-bond donors (Lipinski definition) is 0. The summed E-state index contributed by atoms with van der Waals surface area (Å²) in [5.74, 6) is 0.144. The van der Waals surface area contributed by atoms with Crippen molar-refractivity contribution in [3.8, 4) is 5.75 Å². The first-order chi connectivity index (χ1) is 13.4. The molecule has 0 aromatic heterocycles. The molecule has 2 aromatic rings. The van der Waals surface area contributed by atoms with Gasteiger partial charge in [0.25, 0.3) is 0 Å². The van der Waals surface area contributed by atoms with Gasteiger partial charge in [0.05, 0.1) is 0 Å². The number of fused-ring (bicyclic) bond motifs is 1. The lowest BCUT2D eigenvalue weighted by Gasteiger charge is -2.29. The molecule has 1 nitrogen and oxygen atoms in total. The predicted octanol–water partition coefficient (Wildman–Crippen LogP) is 7.55. The Kier molecular flexibility index (Phi) is 6.63. The molecule has 1 saturated carbocycles. The average Bonchev–Trinajstić information content (AvgIpc) is 2.67. The molecule has 0 unspecified atom stereocenters. The van der Waals surface area contributed by atoms with Gasteiger partial charge in [0.15, 0.2) is 18.2 Å². The third-order valence-electron chi connectivity index (χ3n) is 5.63. The Balaban J connectivity index is 1.68. The second kappa shape index (κ2) is 8.97. The number of allylic oxidation sites excluding steroid dienone is 2. The van der Waals surface area contributed by atoms with Crippen molar-refractivity contribution in [2.45, 2.75) is 57.5 Å². The summed E-state index contributed by atoms with van der Waals surface area (Å²) in [6, 6.07) is 8.46. The van der Waals surface area contributed by atoms with E-state index in [1.165, 1.54) is 30.9 Å². The molecular formula is C23H26F4O. The van der Waals surface area contributed by atoms with Gasteiger partial charge in [-0.1, -0.05) is 36.4 Å². The topological polar surface area (TPSA) is 9.23 Å². The zero-order chi connectivity index (χ0) is 20.1. The van der Waals surface area contributed by atoms with E-state index in [2.05, 4.69) is 16.9 Å². The molecule has 152 valence electrons. The Hall–Kier alpha value is -2.04. The second-order valence-electron chi connectivity index (χ2n) is 7.63. The average molecular weight is 394 g/mol. The van der Waals surface area contributed by atoms with Crippen molar-refractivity contribution in [2.75, 3.05) is 6.61 Å². The minimum absolute atomic E-state index is 0.295. The van der Waals surface area contributed by atoms with Gasteiger partial charge < -0.3 is 4.74 Å². The Morgan fingerprint density at radius 1 is 1.07 bits per heavy atom. The fourth-order valence-electron chi connectivity index (χ4n) is 4.10. The summed E-state index contributed by atoms with van der Waals surface area (Å²) in [7, 11) is 0. The van der Waals surface area contributed by atoms with E-state index in [0.717, 1.165) is 25.2 Å². The molecule has 28 heavy (non-hydrogen) atoms. The van der Waals surface area contributed by atoms with Crippen LogP contribution in [0.25, 0.3) is 10.8 Å². The standard InChI is InChI=1S/C23H26F4O/c1-2-3-4-5-16-6-8-17(9-7-16)18-10-12-20-19(14-18)11-13-21(22(20)24)28-15-23(25,26)27/h2-3,10-14,16-17H,4-9,15H2,1H3/b3-2+. The normalized spacial score (nSPS) is 20.8. The molecule has 0 N–H and O–H groups in total. The highest BCUT2D eigenvalue weighted by atomic mass is 19.4. The quantitative estimate of drug-likeness (QED) is 0.363. The van der Waals surface area contributed by atoms with Gasteiger partial charge in [-0.25, -0.2) is 4.39 Å². The number of rotatable bonds is 6. The lowest BCUT2D eigenvalue weighted by Crippen LogP contribution is -2.19. The van der Waals surface area contributed by atoms with Crippen molar-refractivity contribution >= 4 is 10.8 Å². The molecule has 1 fully saturated rings. The van der Waals surface area contributed by atoms with Crippen molar-refractivity contribution in [1.29, 1.82) is 0 Å². The summed E-state index contributed by atoms with van der Waals surface area (Å²) in [6.45, 7) is 0.551. The van der Waals surface area contributed by atoms with Crippen LogP contribution in [0, 0.1) is 11.7 Å². The van der Waals surface area contributed by atoms with Crippen molar-refractivity contribution < 1.29 is 22.3 Å². The monoisotopic (exact) mass is 394 g/mol. The zero-order valence-corrected chi connectivity index (χ0v) is 16.1. The van der Waals surface area contributed by atoms with Gasteiger partial charge >= 0.3 is 6.18 Å². The molecule has 1 aliphatic rings. The second-order valence-corrected chi connectivity index (χ2v) is 7.63. The Morgan fingerprint density at radius 2 is 1.82 bits per heavy atom. The fraction of sp³-hybridized carbons (Fsp3) is 0.478. The Morgan fingerprint density at radius 3 is 2.50 bits per heavy atom. The largest absolute Gasteiger partial charge is 0.481 e. The smallest absolute Gasteiger partial charge is 0.422 e. The number of ether oxygens (including phenoxy) is 1. The van der Waals surface area contributed by atoms with E-state index in [-0.39, 0.29) is 5.75 Å². The van der Waals surface area contributed by atoms with Gasteiger partial charge in [-0.2, -0.15) is 13.2 Å². The van der Waals surface area contributed by atoms with Gasteiger partial charge in [-0.05, 0) is 74.3 Å². The first-order valence-corrected chi connectivity index (χ1v) is 9.90. The lowest BCUT2D eigenvalue weighted by molar-refractivity contribution is -0.153. The lowest BCUT2D eigenvalue weighted by atomic mass is 9.77. The van der Waals surface area contributed by atoms with Crippen molar-refractivity contribution in [1.82, 2.24) is 0 Å². The molecular weight excluding hydrogens is 368 g/mol. The third kappa shape index (κ3) is 5.27. The molecule has 0 heterocycles. The first-order valence-electron chi connectivity index (χ1n) is 9.90. The molecule has 0 spiro atoms. The SMILES string of the molecule is C/C=C/CCC1CCC(c2ccc3c(F)c(OCC(F)(F)F)ccc3c2)CC1. The van der Waals surface area contributed by atoms with Crippen LogP contribution in [0.3, 0.4) is 0 Å². The van der Waals surface area contributed by atoms with Gasteiger partial charge in [0.2, 0.25) is 0 Å². The van der Waals surface area contributed by atoms with Crippen LogP contribution in [-0.2, 0) is 0 Å². The van der Waals surface area contributed by atoms with E-state index in [0.29, 0.717) is 16.7 Å². The summed E-state index contributed by atoms with van der Waals surface area (Å²) >= 11 is 0. The van der Waals surface area contributed by atoms with Crippen LogP contribution in [0.2, 0.25) is 0 Å². The van der Waals surface area contributed by atoms with E-state index >= 15 is 0 Å². The van der Waals surface area contributed by atoms with Gasteiger partial charge in [-0.15, -0.1) is 0 Å². The number of alkyl halides is 3. The molecule has 0 radical (unpaired) electrons. The van der Waals surface area contributed by atoms with Crippen LogP contribution in [0.15, 0.2) is 42.5 Å². The van der Waals surface area contributed by atoms with E-state index in [4.69, 9.17) is 0 Å². The van der Waals surface area contributed by atoms with E-state index in [1.54, 1.807) is 12.1 Å². The summed E-state index contributed by atoms with van der Waals surface area (Å²) in [5.41, 5.74) is 1.18. The van der Waals surface area contributed by atoms with Gasteiger partial charge in [-0.3, -0.25) is 0 Å². The highest BCUT2D eigenvalue weighted by molar-refractivity contribution is 5.85. The van der Waals surface area contributed by atoms with Crippen molar-refractivity contribution in [3.05, 3.63) is 53.9 Å². The maximum atomic E-state index is 14.5. The molecule has 0 amide bonds. The highest BCUT2D eigenvalue weighted by Crippen LogP contribution is 2.39. The summed E-state index contributed by atoms with van der Waals surface area (Å²) in [4.78, 5) is 0. The molecule has 0 saturated heterocycles. The van der Waals surface area contributed by atoms with Crippen LogP contribution < -0.4 is 4.74 Å². The number of halogens is 4. The van der Waals surface area contributed by atoms with E-state index in [9.17, 15) is 17.6 Å². The zero-order valence-electron chi connectivity index (χ0n) is 16.1. The van der Waals surface area contributed by atoms with Gasteiger partial charge in [0, 0.05) is 5.39 Å². The Bertz CT molecular complexity index is 817. The maximum Gasteiger partial charge on any atom is 0.422 e. The molecule has 3 rings (SSSR count). The minimum atomic E-state index is -4.49. The summed E-state index contributed by atoms with van der Waals surface area (Å²) in [6.07, 6.45) is 6.87. The van der Waals surface area contributed by atoms with Crippen LogP contribution in [0.5, 0.6) is 5.75 Å². The van der Waals surface area contributed by atoms with E-state index in [1.807, 2.05) is 19.1 Å². The molecule has 1 aliphatic carbocycles. The summed E-state index contributed by atoms with van der Waals surface area (Å²) < 4.78 is 56.1. The minimum Gasteiger partial charge on any atom is -0.481 e. The van der Waals surface area contributed by atoms with Crippen molar-refractivity contribution in [2.24, 2.45) is 5.92 Å². The van der Waals surface area contributed by atoms with Crippen LogP contribution >= 0.6 is 0 Å². The summed E-state index contributed by atoms with van der Waals surface area (Å²) in [5, 5.41) is 0.994. The van der Waals surface area contributed by atoms with Crippen LogP contribution in [0.4, 0.5) is 17.6 Å². The maximum absolute atomic E-state index is 14.5. The Labute approximate surface area is 163 Å². The molecule has 5 heteroatoms. The van der Waals surface area contributed by atoms with Crippen LogP contribution in [-0.4, -0.2) is 12.8 Å². The van der Waals surface area contributed by atoms with Gasteiger partial charge in [0.1, 0.15) is 0 Å².